The Labute approximate surface area is 232 Å². The Bertz CT molecular complexity index is 1150. The number of hydrogen-bond donors (Lipinski definition) is 6. The molecule has 220 valence electrons. The molecule has 11 heteroatoms. The van der Waals surface area contributed by atoms with Crippen LogP contribution in [0.25, 0.3) is 0 Å². The molecule has 2 aromatic carbocycles. The summed E-state index contributed by atoms with van der Waals surface area (Å²) >= 11 is 0. The van der Waals surface area contributed by atoms with Crippen molar-refractivity contribution in [1.29, 1.82) is 0 Å². The molecule has 1 saturated heterocycles. The molecule has 0 radical (unpaired) electrons. The zero-order valence-electron chi connectivity index (χ0n) is 22.6. The highest BCUT2D eigenvalue weighted by atomic mass is 16.7. The fourth-order valence-electron chi connectivity index (χ4n) is 4.25. The van der Waals surface area contributed by atoms with E-state index >= 15 is 0 Å². The summed E-state index contributed by atoms with van der Waals surface area (Å²) in [5.41, 5.74) is 1.33. The lowest BCUT2D eigenvalue weighted by Gasteiger charge is -2.39. The molecule has 0 amide bonds. The topological polar surface area (TPSA) is 183 Å². The van der Waals surface area contributed by atoms with Crippen molar-refractivity contribution >= 4 is 11.8 Å². The quantitative estimate of drug-likeness (QED) is 0.156. The Balaban J connectivity index is 1.73. The number of ether oxygens (including phenoxy) is 3. The van der Waals surface area contributed by atoms with Crippen LogP contribution in [0.5, 0.6) is 23.0 Å². The number of ketones is 1. The minimum atomic E-state index is -1.46. The van der Waals surface area contributed by atoms with E-state index in [1.807, 2.05) is 6.92 Å². The van der Waals surface area contributed by atoms with Crippen molar-refractivity contribution in [1.82, 2.24) is 0 Å². The van der Waals surface area contributed by atoms with Gasteiger partial charge in [-0.2, -0.15) is 0 Å². The molecule has 0 saturated carbocycles. The normalized spacial score (nSPS) is 22.4. The van der Waals surface area contributed by atoms with Crippen molar-refractivity contribution in [3.05, 3.63) is 47.5 Å². The Morgan fingerprint density at radius 2 is 1.55 bits per heavy atom. The molecule has 0 bridgehead atoms. The first kappa shape index (κ1) is 31.2. The molecular formula is C29H38O11. The molecule has 6 atom stereocenters. The third kappa shape index (κ3) is 8.56. The third-order valence-corrected chi connectivity index (χ3v) is 7.01. The van der Waals surface area contributed by atoms with Crippen molar-refractivity contribution in [3.8, 4) is 23.0 Å². The van der Waals surface area contributed by atoms with E-state index in [0.717, 1.165) is 0 Å². The molecule has 40 heavy (non-hydrogen) atoms. The molecular weight excluding hydrogens is 524 g/mol. The van der Waals surface area contributed by atoms with Crippen molar-refractivity contribution < 1.29 is 54.4 Å². The van der Waals surface area contributed by atoms with Gasteiger partial charge in [0.25, 0.3) is 0 Å². The fraction of sp³-hybridized carbons (Fsp3) is 0.517. The lowest BCUT2D eigenvalue weighted by molar-refractivity contribution is -0.288. The lowest BCUT2D eigenvalue weighted by Crippen LogP contribution is -2.56. The van der Waals surface area contributed by atoms with Crippen molar-refractivity contribution in [2.75, 3.05) is 6.61 Å². The predicted octanol–water partition coefficient (Wildman–Crippen LogP) is 2.45. The SMILES string of the molecule is CC[C@H](C)C(=O)O[C@H]1[C@H](O[C@@H](CCc2ccc(O)c(O)c2)CC(=O)CCc2ccc(O)c(O)c2)OC[C@@H](O)[C@@H]1O. The van der Waals surface area contributed by atoms with Gasteiger partial charge in [0.1, 0.15) is 18.0 Å². The maximum atomic E-state index is 13.0. The van der Waals surface area contributed by atoms with Crippen LogP contribution in [0, 0.1) is 5.92 Å². The number of phenolic OH excluding ortho intramolecular Hbond substituents is 4. The van der Waals surface area contributed by atoms with Gasteiger partial charge in [0.05, 0.1) is 18.6 Å². The number of hydrogen-bond acceptors (Lipinski definition) is 11. The minimum absolute atomic E-state index is 0.0569. The Kier molecular flexibility index (Phi) is 11.1. The molecule has 1 aliphatic heterocycles. The first-order valence-electron chi connectivity index (χ1n) is 13.4. The molecule has 6 N–H and O–H groups in total. The second-order valence-electron chi connectivity index (χ2n) is 10.2. The summed E-state index contributed by atoms with van der Waals surface area (Å²) in [6, 6.07) is 8.71. The number of aromatic hydroxyl groups is 4. The molecule has 11 nitrogen and oxygen atoms in total. The number of Topliss-reactive ketones (excluding diaryl/α,β-unsaturated/α-hetero) is 1. The average molecular weight is 563 g/mol. The molecule has 1 aliphatic rings. The van der Waals surface area contributed by atoms with Gasteiger partial charge in [-0.05, 0) is 61.1 Å². The van der Waals surface area contributed by atoms with Crippen LogP contribution in [0.3, 0.4) is 0 Å². The van der Waals surface area contributed by atoms with Crippen molar-refractivity contribution in [2.45, 2.75) is 83.1 Å². The van der Waals surface area contributed by atoms with Crippen LogP contribution in [0.1, 0.15) is 50.7 Å². The highest BCUT2D eigenvalue weighted by Crippen LogP contribution is 2.29. The maximum Gasteiger partial charge on any atom is 0.309 e. The number of aryl methyl sites for hydroxylation is 2. The first-order valence-corrected chi connectivity index (χ1v) is 13.4. The van der Waals surface area contributed by atoms with Gasteiger partial charge in [0.2, 0.25) is 0 Å². The Hall–Kier alpha value is -3.38. The number of aliphatic hydroxyl groups excluding tert-OH is 2. The zero-order valence-corrected chi connectivity index (χ0v) is 22.6. The van der Waals surface area contributed by atoms with Gasteiger partial charge < -0.3 is 44.8 Å². The monoisotopic (exact) mass is 562 g/mol. The summed E-state index contributed by atoms with van der Waals surface area (Å²) in [4.78, 5) is 25.4. The number of aliphatic hydroxyl groups is 2. The summed E-state index contributed by atoms with van der Waals surface area (Å²) in [5.74, 6) is -2.29. The van der Waals surface area contributed by atoms with E-state index in [1.165, 1.54) is 24.3 Å². The van der Waals surface area contributed by atoms with Crippen LogP contribution in [0.2, 0.25) is 0 Å². The first-order chi connectivity index (χ1) is 19.0. The Morgan fingerprint density at radius 3 is 2.12 bits per heavy atom. The number of carbonyl (C=O) groups is 2. The van der Waals surface area contributed by atoms with Gasteiger partial charge in [0, 0.05) is 12.8 Å². The van der Waals surface area contributed by atoms with Crippen molar-refractivity contribution in [2.24, 2.45) is 5.92 Å². The Morgan fingerprint density at radius 1 is 0.950 bits per heavy atom. The van der Waals surface area contributed by atoms with E-state index in [4.69, 9.17) is 14.2 Å². The van der Waals surface area contributed by atoms with E-state index in [2.05, 4.69) is 0 Å². The number of esters is 1. The van der Waals surface area contributed by atoms with Crippen molar-refractivity contribution in [3.63, 3.8) is 0 Å². The largest absolute Gasteiger partial charge is 0.504 e. The summed E-state index contributed by atoms with van der Waals surface area (Å²) in [7, 11) is 0. The van der Waals surface area contributed by atoms with Crippen LogP contribution in [0.15, 0.2) is 36.4 Å². The molecule has 1 fully saturated rings. The summed E-state index contributed by atoms with van der Waals surface area (Å²) in [5, 5.41) is 59.3. The molecule has 0 spiro atoms. The molecule has 2 aromatic rings. The van der Waals surface area contributed by atoms with E-state index in [9.17, 15) is 40.2 Å². The molecule has 0 aromatic heterocycles. The third-order valence-electron chi connectivity index (χ3n) is 7.01. The van der Waals surface area contributed by atoms with E-state index in [0.29, 0.717) is 30.4 Å². The number of benzene rings is 2. The zero-order chi connectivity index (χ0) is 29.4. The van der Waals surface area contributed by atoms with Gasteiger partial charge in [-0.15, -0.1) is 0 Å². The molecule has 0 aliphatic carbocycles. The van der Waals surface area contributed by atoms with Crippen LogP contribution >= 0.6 is 0 Å². The summed E-state index contributed by atoms with van der Waals surface area (Å²) in [6.07, 6.45) is -4.57. The van der Waals surface area contributed by atoms with Crippen LogP contribution < -0.4 is 0 Å². The van der Waals surface area contributed by atoms with Crippen LogP contribution in [-0.2, 0) is 36.6 Å². The van der Waals surface area contributed by atoms with Gasteiger partial charge in [-0.1, -0.05) is 26.0 Å². The number of carbonyl (C=O) groups excluding carboxylic acids is 2. The van der Waals surface area contributed by atoms with Gasteiger partial charge in [-0.25, -0.2) is 0 Å². The highest BCUT2D eigenvalue weighted by Gasteiger charge is 2.43. The molecule has 1 heterocycles. The second-order valence-corrected chi connectivity index (χ2v) is 10.2. The molecule has 3 rings (SSSR count). The molecule has 0 unspecified atom stereocenters. The van der Waals surface area contributed by atoms with Gasteiger partial charge >= 0.3 is 5.97 Å². The smallest absolute Gasteiger partial charge is 0.309 e. The van der Waals surface area contributed by atoms with E-state index < -0.39 is 42.6 Å². The van der Waals surface area contributed by atoms with Crippen LogP contribution in [-0.4, -0.2) is 79.7 Å². The highest BCUT2D eigenvalue weighted by molar-refractivity contribution is 5.79. The summed E-state index contributed by atoms with van der Waals surface area (Å²) < 4.78 is 17.2. The summed E-state index contributed by atoms with van der Waals surface area (Å²) in [6.45, 7) is 3.22. The fourth-order valence-corrected chi connectivity index (χ4v) is 4.25. The number of rotatable bonds is 13. The van der Waals surface area contributed by atoms with Gasteiger partial charge in [-0.3, -0.25) is 9.59 Å². The van der Waals surface area contributed by atoms with E-state index in [-0.39, 0.29) is 54.7 Å². The van der Waals surface area contributed by atoms with Gasteiger partial charge in [0.15, 0.2) is 35.4 Å². The minimum Gasteiger partial charge on any atom is -0.504 e. The lowest BCUT2D eigenvalue weighted by atomic mass is 9.99. The second kappa shape index (κ2) is 14.3. The number of phenols is 4. The van der Waals surface area contributed by atoms with Crippen LogP contribution in [0.4, 0.5) is 0 Å². The maximum absolute atomic E-state index is 13.0. The standard InChI is InChI=1S/C29H38O11/c1-3-16(2)28(37)40-27-26(36)25(35)15-38-29(27)39-20(9-5-18-7-11-22(32)24(34)13-18)14-19(30)8-4-17-6-10-21(31)23(33)12-17/h6-7,10-13,16,20,25-27,29,31-36H,3-5,8-9,14-15H2,1-2H3/t16-,20-,25+,26-,27+,29-/m0/s1. The predicted molar refractivity (Wildman–Crippen MR) is 142 cm³/mol. The average Bonchev–Trinajstić information content (AvgIpc) is 2.93. The van der Waals surface area contributed by atoms with E-state index in [1.54, 1.807) is 19.1 Å².